The molecule has 0 heterocycles. The van der Waals surface area contributed by atoms with Crippen molar-refractivity contribution in [2.75, 3.05) is 0 Å². The third-order valence-corrected chi connectivity index (χ3v) is 0.890. The van der Waals surface area contributed by atoms with Crippen LogP contribution in [0.5, 0.6) is 0 Å². The SMILES string of the molecule is C=CC(=O)O.CCC(C)(N)O. The monoisotopic (exact) mass is 161 g/mol. The van der Waals surface area contributed by atoms with Crippen molar-refractivity contribution in [3.05, 3.63) is 12.7 Å². The molecule has 0 aliphatic rings. The summed E-state index contributed by atoms with van der Waals surface area (Å²) in [6.07, 6.45) is 1.44. The van der Waals surface area contributed by atoms with Gasteiger partial charge in [-0.2, -0.15) is 0 Å². The van der Waals surface area contributed by atoms with Gasteiger partial charge in [0.2, 0.25) is 0 Å². The highest BCUT2D eigenvalue weighted by atomic mass is 16.4. The second-order valence-electron chi connectivity index (χ2n) is 2.25. The summed E-state index contributed by atoms with van der Waals surface area (Å²) in [7, 11) is 0. The average molecular weight is 161 g/mol. The molecule has 4 N–H and O–H groups in total. The van der Waals surface area contributed by atoms with E-state index in [1.165, 1.54) is 0 Å². The Labute approximate surface area is 66.3 Å². The lowest BCUT2D eigenvalue weighted by Crippen LogP contribution is -2.34. The number of hydrogen-bond acceptors (Lipinski definition) is 3. The van der Waals surface area contributed by atoms with Crippen LogP contribution >= 0.6 is 0 Å². The molecule has 0 amide bonds. The molecule has 66 valence electrons. The Bertz CT molecular complexity index is 126. The Morgan fingerprint density at radius 3 is 2.00 bits per heavy atom. The van der Waals surface area contributed by atoms with Crippen LogP contribution in [0.4, 0.5) is 0 Å². The molecular formula is C7H15NO3. The molecule has 1 unspecified atom stereocenters. The molecule has 0 rings (SSSR count). The Kier molecular flexibility index (Phi) is 6.83. The minimum Gasteiger partial charge on any atom is -0.478 e. The predicted molar refractivity (Wildman–Crippen MR) is 42.9 cm³/mol. The molecule has 4 nitrogen and oxygen atoms in total. The topological polar surface area (TPSA) is 83.5 Å². The van der Waals surface area contributed by atoms with Crippen molar-refractivity contribution < 1.29 is 15.0 Å². The number of nitrogens with two attached hydrogens (primary N) is 1. The van der Waals surface area contributed by atoms with Crippen molar-refractivity contribution in [3.63, 3.8) is 0 Å². The molecule has 0 aliphatic heterocycles. The van der Waals surface area contributed by atoms with Crippen LogP contribution in [0.3, 0.4) is 0 Å². The number of carbonyl (C=O) groups is 1. The van der Waals surface area contributed by atoms with Crippen LogP contribution in [0.2, 0.25) is 0 Å². The van der Waals surface area contributed by atoms with Gasteiger partial charge in [0.25, 0.3) is 0 Å². The van der Waals surface area contributed by atoms with E-state index in [2.05, 4.69) is 6.58 Å². The molecule has 1 atom stereocenters. The van der Waals surface area contributed by atoms with Crippen LogP contribution in [0.1, 0.15) is 20.3 Å². The van der Waals surface area contributed by atoms with Crippen LogP contribution < -0.4 is 5.73 Å². The molecule has 0 saturated heterocycles. The van der Waals surface area contributed by atoms with E-state index < -0.39 is 11.7 Å². The van der Waals surface area contributed by atoms with Crippen LogP contribution in [0, 0.1) is 0 Å². The molecule has 0 aromatic rings. The summed E-state index contributed by atoms with van der Waals surface area (Å²) >= 11 is 0. The van der Waals surface area contributed by atoms with Crippen molar-refractivity contribution >= 4 is 5.97 Å². The normalized spacial score (nSPS) is 13.8. The zero-order valence-electron chi connectivity index (χ0n) is 6.87. The minimum absolute atomic E-state index is 0.604. The van der Waals surface area contributed by atoms with Crippen molar-refractivity contribution in [1.29, 1.82) is 0 Å². The van der Waals surface area contributed by atoms with E-state index in [9.17, 15) is 4.79 Å². The van der Waals surface area contributed by atoms with E-state index in [1.807, 2.05) is 6.92 Å². The molecule has 0 spiro atoms. The third-order valence-electron chi connectivity index (χ3n) is 0.890. The van der Waals surface area contributed by atoms with E-state index in [1.54, 1.807) is 6.92 Å². The number of aliphatic hydroxyl groups is 1. The van der Waals surface area contributed by atoms with Gasteiger partial charge < -0.3 is 15.9 Å². The second-order valence-corrected chi connectivity index (χ2v) is 2.25. The van der Waals surface area contributed by atoms with Crippen molar-refractivity contribution in [2.45, 2.75) is 26.0 Å². The summed E-state index contributed by atoms with van der Waals surface area (Å²) in [6, 6.07) is 0. The summed E-state index contributed by atoms with van der Waals surface area (Å²) < 4.78 is 0. The van der Waals surface area contributed by atoms with Crippen molar-refractivity contribution in [2.24, 2.45) is 5.73 Å². The fourth-order valence-corrected chi connectivity index (χ4v) is 0. The molecule has 0 aromatic heterocycles. The van der Waals surface area contributed by atoms with Crippen LogP contribution in [-0.2, 0) is 4.79 Å². The van der Waals surface area contributed by atoms with Gasteiger partial charge in [0, 0.05) is 6.08 Å². The molecule has 11 heavy (non-hydrogen) atoms. The molecule has 0 aliphatic carbocycles. The summed E-state index contributed by atoms with van der Waals surface area (Å²) in [4.78, 5) is 9.25. The van der Waals surface area contributed by atoms with E-state index in [-0.39, 0.29) is 0 Å². The maximum Gasteiger partial charge on any atom is 0.327 e. The Balaban J connectivity index is 0. The van der Waals surface area contributed by atoms with Crippen LogP contribution in [-0.4, -0.2) is 21.9 Å². The zero-order chi connectivity index (χ0) is 9.49. The first kappa shape index (κ1) is 12.8. The van der Waals surface area contributed by atoms with Gasteiger partial charge in [-0.15, -0.1) is 0 Å². The van der Waals surface area contributed by atoms with Gasteiger partial charge in [-0.05, 0) is 13.3 Å². The number of rotatable bonds is 2. The highest BCUT2D eigenvalue weighted by Crippen LogP contribution is 1.94. The lowest BCUT2D eigenvalue weighted by Gasteiger charge is -2.11. The van der Waals surface area contributed by atoms with Gasteiger partial charge in [-0.1, -0.05) is 13.5 Å². The second kappa shape index (κ2) is 5.88. The maximum atomic E-state index is 9.25. The van der Waals surface area contributed by atoms with E-state index in [0.717, 1.165) is 6.08 Å². The summed E-state index contributed by atoms with van der Waals surface area (Å²) in [5, 5.41) is 16.2. The zero-order valence-corrected chi connectivity index (χ0v) is 6.87. The lowest BCUT2D eigenvalue weighted by atomic mass is 10.2. The molecule has 0 aromatic carbocycles. The number of aliphatic carboxylic acids is 1. The maximum absolute atomic E-state index is 9.25. The Morgan fingerprint density at radius 2 is 2.00 bits per heavy atom. The number of carboxylic acid groups (broad SMARTS) is 1. The highest BCUT2D eigenvalue weighted by Gasteiger charge is 2.06. The number of carboxylic acids is 1. The first-order valence-electron chi connectivity index (χ1n) is 3.20. The highest BCUT2D eigenvalue weighted by molar-refractivity contribution is 5.78. The third kappa shape index (κ3) is 27.2. The van der Waals surface area contributed by atoms with Crippen molar-refractivity contribution in [3.8, 4) is 0 Å². The smallest absolute Gasteiger partial charge is 0.327 e. The fraction of sp³-hybridized carbons (Fsp3) is 0.571. The standard InChI is InChI=1S/C4H11NO.C3H4O2/c1-3-4(2,5)6;1-2-3(4)5/h6H,3,5H2,1-2H3;2H,1H2,(H,4,5). The molecule has 0 radical (unpaired) electrons. The fourth-order valence-electron chi connectivity index (χ4n) is 0. The van der Waals surface area contributed by atoms with Gasteiger partial charge >= 0.3 is 5.97 Å². The minimum atomic E-state index is -0.981. The van der Waals surface area contributed by atoms with E-state index in [0.29, 0.717) is 6.42 Å². The summed E-state index contributed by atoms with van der Waals surface area (Å²) in [5.74, 6) is -0.981. The van der Waals surface area contributed by atoms with Crippen LogP contribution in [0.15, 0.2) is 12.7 Å². The first-order chi connectivity index (χ1) is 4.83. The summed E-state index contributed by atoms with van der Waals surface area (Å²) in [6.45, 7) is 6.37. The molecule has 0 saturated carbocycles. The van der Waals surface area contributed by atoms with Gasteiger partial charge in [-0.25, -0.2) is 4.79 Å². The first-order valence-corrected chi connectivity index (χ1v) is 3.20. The lowest BCUT2D eigenvalue weighted by molar-refractivity contribution is -0.131. The molecular weight excluding hydrogens is 146 g/mol. The van der Waals surface area contributed by atoms with Gasteiger partial charge in [0.1, 0.15) is 5.72 Å². The van der Waals surface area contributed by atoms with Gasteiger partial charge in [0.05, 0.1) is 0 Å². The molecule has 0 bridgehead atoms. The van der Waals surface area contributed by atoms with Crippen LogP contribution in [0.25, 0.3) is 0 Å². The summed E-state index contributed by atoms with van der Waals surface area (Å²) in [5.41, 5.74) is 4.13. The van der Waals surface area contributed by atoms with Gasteiger partial charge in [0.15, 0.2) is 0 Å². The van der Waals surface area contributed by atoms with Crippen molar-refractivity contribution in [1.82, 2.24) is 0 Å². The average Bonchev–Trinajstić information content (AvgIpc) is 1.88. The Morgan fingerprint density at radius 1 is 1.82 bits per heavy atom. The molecule has 0 fully saturated rings. The quantitative estimate of drug-likeness (QED) is 0.402. The van der Waals surface area contributed by atoms with E-state index in [4.69, 9.17) is 15.9 Å². The van der Waals surface area contributed by atoms with E-state index >= 15 is 0 Å². The molecule has 4 heteroatoms. The Hall–Kier alpha value is -0.870. The number of hydrogen-bond donors (Lipinski definition) is 3. The largest absolute Gasteiger partial charge is 0.478 e. The van der Waals surface area contributed by atoms with Gasteiger partial charge in [-0.3, -0.25) is 0 Å². The predicted octanol–water partition coefficient (Wildman–Crippen LogP) is 0.321.